The second-order valence-corrected chi connectivity index (χ2v) is 10.4. The van der Waals surface area contributed by atoms with Crippen molar-refractivity contribution >= 4 is 41.0 Å². The number of rotatable bonds is 9. The maximum absolute atomic E-state index is 12.4. The third-order valence-corrected chi connectivity index (χ3v) is 8.21. The monoisotopic (exact) mass is 414 g/mol. The van der Waals surface area contributed by atoms with Crippen molar-refractivity contribution in [2.75, 3.05) is 27.2 Å². The second-order valence-electron chi connectivity index (χ2n) is 7.14. The van der Waals surface area contributed by atoms with Gasteiger partial charge in [0.1, 0.15) is 0 Å². The van der Waals surface area contributed by atoms with Crippen LogP contribution in [-0.2, 0) is 4.79 Å². The SMILES string of the molecule is CC(SC1CCCCC1Sc1ccccc1Cl)C(=O)NCCCN(C)C. The van der Waals surface area contributed by atoms with Gasteiger partial charge >= 0.3 is 0 Å². The Morgan fingerprint density at radius 1 is 1.27 bits per heavy atom. The molecule has 1 aliphatic rings. The molecule has 1 amide bonds. The molecule has 1 fully saturated rings. The molecular formula is C20H31ClN2OS2. The van der Waals surface area contributed by atoms with Crippen molar-refractivity contribution in [1.29, 1.82) is 0 Å². The van der Waals surface area contributed by atoms with Gasteiger partial charge in [0.25, 0.3) is 0 Å². The number of nitrogens with zero attached hydrogens (tertiary/aromatic N) is 1. The van der Waals surface area contributed by atoms with E-state index in [0.717, 1.165) is 29.4 Å². The molecule has 1 aromatic carbocycles. The third-order valence-electron chi connectivity index (χ3n) is 4.59. The minimum atomic E-state index is -0.00759. The van der Waals surface area contributed by atoms with Gasteiger partial charge in [-0.1, -0.05) is 36.6 Å². The molecule has 1 N–H and O–H groups in total. The predicted molar refractivity (Wildman–Crippen MR) is 117 cm³/mol. The number of nitrogens with one attached hydrogen (secondary N) is 1. The van der Waals surface area contributed by atoms with Gasteiger partial charge in [0.15, 0.2) is 0 Å². The van der Waals surface area contributed by atoms with Crippen molar-refractivity contribution in [2.45, 2.75) is 59.7 Å². The molecule has 3 atom stereocenters. The number of halogens is 1. The van der Waals surface area contributed by atoms with Crippen molar-refractivity contribution in [3.63, 3.8) is 0 Å². The van der Waals surface area contributed by atoms with Crippen molar-refractivity contribution in [3.8, 4) is 0 Å². The third kappa shape index (κ3) is 7.34. The van der Waals surface area contributed by atoms with E-state index in [9.17, 15) is 4.79 Å². The lowest BCUT2D eigenvalue weighted by Gasteiger charge is -2.32. The number of carbonyl (C=O) groups is 1. The van der Waals surface area contributed by atoms with Crippen molar-refractivity contribution in [1.82, 2.24) is 10.2 Å². The predicted octanol–water partition coefficient (Wildman–Crippen LogP) is 4.93. The minimum absolute atomic E-state index is 0.00759. The Morgan fingerprint density at radius 2 is 1.96 bits per heavy atom. The van der Waals surface area contributed by atoms with Crippen LogP contribution in [0, 0.1) is 0 Å². The lowest BCUT2D eigenvalue weighted by atomic mass is 10.00. The van der Waals surface area contributed by atoms with Crippen LogP contribution in [0.15, 0.2) is 29.2 Å². The molecule has 1 aliphatic carbocycles. The highest BCUT2D eigenvalue weighted by atomic mass is 35.5. The maximum Gasteiger partial charge on any atom is 0.232 e. The Bertz CT molecular complexity index is 570. The maximum atomic E-state index is 12.4. The van der Waals surface area contributed by atoms with Crippen LogP contribution in [0.25, 0.3) is 0 Å². The number of thioether (sulfide) groups is 2. The summed E-state index contributed by atoms with van der Waals surface area (Å²) in [7, 11) is 4.11. The van der Waals surface area contributed by atoms with E-state index in [0.29, 0.717) is 10.5 Å². The average molecular weight is 415 g/mol. The number of hydrogen-bond acceptors (Lipinski definition) is 4. The number of hydrogen-bond donors (Lipinski definition) is 1. The Balaban J connectivity index is 1.84. The first-order valence-electron chi connectivity index (χ1n) is 9.46. The molecule has 2 rings (SSSR count). The lowest BCUT2D eigenvalue weighted by Crippen LogP contribution is -2.35. The van der Waals surface area contributed by atoms with E-state index in [1.54, 1.807) is 0 Å². The van der Waals surface area contributed by atoms with E-state index in [1.165, 1.54) is 25.7 Å². The van der Waals surface area contributed by atoms with Crippen molar-refractivity contribution in [2.24, 2.45) is 0 Å². The van der Waals surface area contributed by atoms with E-state index in [2.05, 4.69) is 30.4 Å². The van der Waals surface area contributed by atoms with Crippen molar-refractivity contribution in [3.05, 3.63) is 29.3 Å². The number of carbonyl (C=O) groups excluding carboxylic acids is 1. The van der Waals surface area contributed by atoms with Crippen molar-refractivity contribution < 1.29 is 4.79 Å². The van der Waals surface area contributed by atoms with Crippen LogP contribution in [0.2, 0.25) is 5.02 Å². The van der Waals surface area contributed by atoms with Gasteiger partial charge in [0.2, 0.25) is 5.91 Å². The van der Waals surface area contributed by atoms with E-state index in [4.69, 9.17) is 11.6 Å². The topological polar surface area (TPSA) is 32.3 Å². The Kier molecular flexibility index (Phi) is 9.68. The second kappa shape index (κ2) is 11.5. The zero-order chi connectivity index (χ0) is 18.9. The summed E-state index contributed by atoms with van der Waals surface area (Å²) >= 11 is 10.1. The smallest absolute Gasteiger partial charge is 0.232 e. The summed E-state index contributed by atoms with van der Waals surface area (Å²) in [5.74, 6) is 0.167. The summed E-state index contributed by atoms with van der Waals surface area (Å²) in [6.45, 7) is 3.79. The first-order chi connectivity index (χ1) is 12.5. The van der Waals surface area contributed by atoms with Crippen LogP contribution >= 0.6 is 35.1 Å². The fraction of sp³-hybridized carbons (Fsp3) is 0.650. The Morgan fingerprint density at radius 3 is 2.65 bits per heavy atom. The van der Waals surface area contributed by atoms with Crippen LogP contribution in [0.3, 0.4) is 0 Å². The van der Waals surface area contributed by atoms with Gasteiger partial charge in [-0.3, -0.25) is 4.79 Å². The fourth-order valence-electron chi connectivity index (χ4n) is 3.13. The molecule has 0 spiro atoms. The Hall–Kier alpha value is -0.360. The molecule has 0 bridgehead atoms. The average Bonchev–Trinajstić information content (AvgIpc) is 2.61. The summed E-state index contributed by atoms with van der Waals surface area (Å²) in [6.07, 6.45) is 5.90. The molecule has 3 unspecified atom stereocenters. The molecule has 0 saturated heterocycles. The molecule has 1 saturated carbocycles. The van der Waals surface area contributed by atoms with E-state index < -0.39 is 0 Å². The molecule has 26 heavy (non-hydrogen) atoms. The summed E-state index contributed by atoms with van der Waals surface area (Å²) in [5, 5.41) is 4.94. The normalized spacial score (nSPS) is 21.6. The van der Waals surface area contributed by atoms with Gasteiger partial charge in [-0.25, -0.2) is 0 Å². The first kappa shape index (κ1) is 21.9. The van der Waals surface area contributed by atoms with Gasteiger partial charge in [-0.2, -0.15) is 0 Å². The molecule has 0 heterocycles. The molecule has 6 heteroatoms. The van der Waals surface area contributed by atoms with Gasteiger partial charge in [-0.15, -0.1) is 23.5 Å². The van der Waals surface area contributed by atoms with Gasteiger partial charge in [0, 0.05) is 21.9 Å². The highest BCUT2D eigenvalue weighted by Gasteiger charge is 2.30. The molecule has 1 aromatic rings. The summed E-state index contributed by atoms with van der Waals surface area (Å²) in [6, 6.07) is 8.08. The largest absolute Gasteiger partial charge is 0.355 e. The van der Waals surface area contributed by atoms with Crippen LogP contribution in [0.1, 0.15) is 39.0 Å². The minimum Gasteiger partial charge on any atom is -0.355 e. The highest BCUT2D eigenvalue weighted by molar-refractivity contribution is 8.04. The standard InChI is InChI=1S/C20H31ClN2OS2/c1-15(20(24)22-13-8-14-23(2)3)25-18-11-6-7-12-19(18)26-17-10-5-4-9-16(17)21/h4-5,9-10,15,18-19H,6-8,11-14H2,1-3H3,(H,22,24). The molecule has 146 valence electrons. The first-order valence-corrected chi connectivity index (χ1v) is 11.7. The quantitative estimate of drug-likeness (QED) is 0.580. The highest BCUT2D eigenvalue weighted by Crippen LogP contribution is 2.42. The molecule has 3 nitrogen and oxygen atoms in total. The molecular weight excluding hydrogens is 384 g/mol. The summed E-state index contributed by atoms with van der Waals surface area (Å²) < 4.78 is 0. The lowest BCUT2D eigenvalue weighted by molar-refractivity contribution is -0.120. The zero-order valence-corrected chi connectivity index (χ0v) is 18.4. The summed E-state index contributed by atoms with van der Waals surface area (Å²) in [4.78, 5) is 15.7. The van der Waals surface area contributed by atoms with E-state index in [1.807, 2.05) is 48.6 Å². The molecule has 0 radical (unpaired) electrons. The number of benzene rings is 1. The van der Waals surface area contributed by atoms with Crippen LogP contribution in [-0.4, -0.2) is 53.7 Å². The van der Waals surface area contributed by atoms with Gasteiger partial charge < -0.3 is 10.2 Å². The van der Waals surface area contributed by atoms with Crippen LogP contribution in [0.5, 0.6) is 0 Å². The van der Waals surface area contributed by atoms with Gasteiger partial charge in [-0.05, 0) is 59.0 Å². The molecule has 0 aromatic heterocycles. The zero-order valence-electron chi connectivity index (χ0n) is 16.0. The Labute approximate surface area is 172 Å². The van der Waals surface area contributed by atoms with Crippen LogP contribution < -0.4 is 5.32 Å². The van der Waals surface area contributed by atoms with E-state index in [-0.39, 0.29) is 11.2 Å². The van der Waals surface area contributed by atoms with Gasteiger partial charge in [0.05, 0.1) is 10.3 Å². The van der Waals surface area contributed by atoms with E-state index >= 15 is 0 Å². The fourth-order valence-corrected chi connectivity index (χ4v) is 6.34. The number of amides is 1. The molecule has 0 aliphatic heterocycles. The summed E-state index contributed by atoms with van der Waals surface area (Å²) in [5.41, 5.74) is 0. The van der Waals surface area contributed by atoms with Crippen LogP contribution in [0.4, 0.5) is 0 Å².